The predicted octanol–water partition coefficient (Wildman–Crippen LogP) is 6.57. The van der Waals surface area contributed by atoms with Gasteiger partial charge in [-0.25, -0.2) is 8.42 Å². The summed E-state index contributed by atoms with van der Waals surface area (Å²) in [6.45, 7) is 14.5. The largest absolute Gasteiger partial charge is 0.457 e. The van der Waals surface area contributed by atoms with Crippen LogP contribution in [0.4, 0.5) is 0 Å². The van der Waals surface area contributed by atoms with Crippen LogP contribution in [0.1, 0.15) is 68.5 Å². The quantitative estimate of drug-likeness (QED) is 0.213. The molecule has 3 aromatic rings. The Morgan fingerprint density at radius 3 is 1.70 bits per heavy atom. The fourth-order valence-corrected chi connectivity index (χ4v) is 8.46. The average Bonchev–Trinajstić information content (AvgIpc) is 2.94. The van der Waals surface area contributed by atoms with Crippen molar-refractivity contribution in [3.63, 3.8) is 0 Å². The molecule has 234 valence electrons. The second-order valence-corrected chi connectivity index (χ2v) is 14.7. The second-order valence-electron chi connectivity index (χ2n) is 12.6. The minimum Gasteiger partial charge on any atom is -0.457 e. The molecule has 0 aliphatic rings. The zero-order chi connectivity index (χ0) is 32.1. The van der Waals surface area contributed by atoms with Crippen LogP contribution < -0.4 is 0 Å². The topological polar surface area (TPSA) is 101 Å². The number of carbonyl (C=O) groups excluding carboxylic acids is 1. The molecule has 0 fully saturated rings. The van der Waals surface area contributed by atoms with Crippen LogP contribution >= 0.6 is 0 Å². The highest BCUT2D eigenvalue weighted by Gasteiger charge is 2.43. The van der Waals surface area contributed by atoms with Crippen molar-refractivity contribution in [3.05, 3.63) is 101 Å². The maximum atomic E-state index is 14.7. The molecule has 0 saturated carbocycles. The monoisotopic (exact) mass is 608 g/mol. The zero-order valence-electron chi connectivity index (χ0n) is 26.7. The van der Waals surface area contributed by atoms with E-state index in [1.165, 1.54) is 0 Å². The van der Waals surface area contributed by atoms with Crippen LogP contribution in [0.15, 0.2) is 77.7 Å². The van der Waals surface area contributed by atoms with Gasteiger partial charge in [0, 0.05) is 5.92 Å². The zero-order valence-corrected chi connectivity index (χ0v) is 27.5. The maximum Gasteiger partial charge on any atom is 0.314 e. The molecule has 43 heavy (non-hydrogen) atoms. The van der Waals surface area contributed by atoms with Crippen LogP contribution in [0.3, 0.4) is 0 Å². The number of ether oxygens (including phenoxy) is 1. The van der Waals surface area contributed by atoms with Gasteiger partial charge < -0.3 is 14.9 Å². The van der Waals surface area contributed by atoms with E-state index in [2.05, 4.69) is 0 Å². The van der Waals surface area contributed by atoms with Crippen molar-refractivity contribution >= 4 is 15.8 Å². The summed E-state index contributed by atoms with van der Waals surface area (Å²) >= 11 is 0. The third kappa shape index (κ3) is 8.14. The lowest BCUT2D eigenvalue weighted by Crippen LogP contribution is -2.45. The normalized spacial score (nSPS) is 15.7. The van der Waals surface area contributed by atoms with Gasteiger partial charge in [-0.1, -0.05) is 113 Å². The number of hydrogen-bond acceptors (Lipinski definition) is 6. The Hall–Kier alpha value is -3.00. The fraction of sp³-hybridized carbons (Fsp3) is 0.472. The molecule has 0 amide bonds. The Balaban J connectivity index is 2.17. The second kappa shape index (κ2) is 14.7. The van der Waals surface area contributed by atoms with E-state index in [1.54, 1.807) is 27.7 Å². The van der Waals surface area contributed by atoms with Gasteiger partial charge in [0.15, 0.2) is 9.84 Å². The Labute approximate surface area is 258 Å². The van der Waals surface area contributed by atoms with E-state index < -0.39 is 51.2 Å². The summed E-state index contributed by atoms with van der Waals surface area (Å²) in [5, 5.41) is 21.1. The molecule has 0 aromatic heterocycles. The minimum absolute atomic E-state index is 0.213. The molecule has 7 heteroatoms. The Bertz CT molecular complexity index is 1410. The smallest absolute Gasteiger partial charge is 0.314 e. The molecule has 0 radical (unpaired) electrons. The van der Waals surface area contributed by atoms with E-state index in [0.717, 1.165) is 11.1 Å². The first-order valence-corrected chi connectivity index (χ1v) is 16.7. The van der Waals surface area contributed by atoms with Crippen molar-refractivity contribution in [2.45, 2.75) is 90.3 Å². The van der Waals surface area contributed by atoms with Crippen LogP contribution in [0.5, 0.6) is 0 Å². The summed E-state index contributed by atoms with van der Waals surface area (Å²) in [6, 6.07) is 22.3. The van der Waals surface area contributed by atoms with Crippen molar-refractivity contribution in [2.75, 3.05) is 0 Å². The lowest BCUT2D eigenvalue weighted by molar-refractivity contribution is -0.170. The van der Waals surface area contributed by atoms with E-state index in [1.807, 2.05) is 100 Å². The Morgan fingerprint density at radius 1 is 0.767 bits per heavy atom. The van der Waals surface area contributed by atoms with Gasteiger partial charge >= 0.3 is 5.97 Å². The van der Waals surface area contributed by atoms with E-state index >= 15 is 0 Å². The van der Waals surface area contributed by atoms with Gasteiger partial charge in [-0.3, -0.25) is 4.79 Å². The number of benzene rings is 3. The summed E-state index contributed by atoms with van der Waals surface area (Å²) in [4.78, 5) is 14.2. The maximum absolute atomic E-state index is 14.7. The van der Waals surface area contributed by atoms with Gasteiger partial charge in [0.25, 0.3) is 0 Å². The lowest BCUT2D eigenvalue weighted by Gasteiger charge is -2.35. The first-order valence-electron chi connectivity index (χ1n) is 15.1. The van der Waals surface area contributed by atoms with Crippen molar-refractivity contribution < 1.29 is 28.2 Å². The highest BCUT2D eigenvalue weighted by molar-refractivity contribution is 7.92. The van der Waals surface area contributed by atoms with Gasteiger partial charge in [-0.2, -0.15) is 0 Å². The number of aliphatic hydroxyl groups excluding tert-OH is 2. The molecule has 1 unspecified atom stereocenters. The summed E-state index contributed by atoms with van der Waals surface area (Å²) in [5.41, 5.74) is 3.83. The molecule has 3 aromatic carbocycles. The van der Waals surface area contributed by atoms with Crippen LogP contribution in [0, 0.1) is 44.4 Å². The highest BCUT2D eigenvalue weighted by atomic mass is 32.2. The first kappa shape index (κ1) is 34.5. The van der Waals surface area contributed by atoms with Crippen molar-refractivity contribution in [1.82, 2.24) is 0 Å². The minimum atomic E-state index is -3.94. The van der Waals surface area contributed by atoms with E-state index in [4.69, 9.17) is 4.74 Å². The molecule has 0 bridgehead atoms. The van der Waals surface area contributed by atoms with Gasteiger partial charge in [0.1, 0.15) is 12.0 Å². The van der Waals surface area contributed by atoms with Crippen molar-refractivity contribution in [2.24, 2.45) is 23.7 Å². The van der Waals surface area contributed by atoms with Gasteiger partial charge in [-0.15, -0.1) is 0 Å². The molecule has 5 atom stereocenters. The number of aliphatic hydroxyl groups is 2. The molecule has 3 rings (SSSR count). The number of carbonyl (C=O) groups is 1. The van der Waals surface area contributed by atoms with Gasteiger partial charge in [0.05, 0.1) is 22.4 Å². The molecule has 2 N–H and O–H groups in total. The van der Waals surface area contributed by atoms with Crippen LogP contribution in [-0.2, 0) is 25.8 Å². The molecule has 0 aliphatic heterocycles. The molecule has 0 saturated heterocycles. The van der Waals surface area contributed by atoms with Crippen LogP contribution in [0.2, 0.25) is 0 Å². The first-order chi connectivity index (χ1) is 20.2. The van der Waals surface area contributed by atoms with Crippen LogP contribution in [-0.4, -0.2) is 42.1 Å². The lowest BCUT2D eigenvalue weighted by atomic mass is 9.84. The summed E-state index contributed by atoms with van der Waals surface area (Å²) in [6.07, 6.45) is -3.02. The molecule has 0 aliphatic carbocycles. The third-order valence-corrected chi connectivity index (χ3v) is 11.0. The average molecular weight is 609 g/mol. The summed E-state index contributed by atoms with van der Waals surface area (Å²) < 4.78 is 35.5. The highest BCUT2D eigenvalue weighted by Crippen LogP contribution is 2.38. The number of esters is 1. The standard InChI is InChI=1S/C36H48O6S/c1-22(2)32(37)31(33(38)23(3)4)36(39)42-34(29-17-13-10-14-18-29)27(8)30(21-28-15-11-9-12-16-28)43(40,41)35-25(6)19-24(5)20-26(35)7/h9-20,22-23,27,30-34,37-38H,21H2,1-8H3/t27-,30?,32+,33+,34+/m1/s1. The molecule has 0 spiro atoms. The van der Waals surface area contributed by atoms with E-state index in [9.17, 15) is 23.4 Å². The Morgan fingerprint density at radius 2 is 1.23 bits per heavy atom. The van der Waals surface area contributed by atoms with Crippen molar-refractivity contribution in [1.29, 1.82) is 0 Å². The van der Waals surface area contributed by atoms with Crippen LogP contribution in [0.25, 0.3) is 0 Å². The molecule has 0 heterocycles. The number of aryl methyl sites for hydroxylation is 3. The SMILES string of the molecule is Cc1cc(C)c(S(=O)(=O)C(Cc2ccccc2)[C@@H](C)[C@H](OC(=O)C([C@@H](O)C(C)C)[C@@H](O)C(C)C)c2ccccc2)c(C)c1. The third-order valence-electron chi connectivity index (χ3n) is 8.38. The predicted molar refractivity (Wildman–Crippen MR) is 171 cm³/mol. The molecular weight excluding hydrogens is 560 g/mol. The van der Waals surface area contributed by atoms with Crippen molar-refractivity contribution in [3.8, 4) is 0 Å². The van der Waals surface area contributed by atoms with E-state index in [0.29, 0.717) is 21.6 Å². The van der Waals surface area contributed by atoms with E-state index in [-0.39, 0.29) is 18.3 Å². The molecule has 6 nitrogen and oxygen atoms in total. The summed E-state index contributed by atoms with van der Waals surface area (Å²) in [7, 11) is -3.94. The molecular formula is C36H48O6S. The number of hydrogen-bond donors (Lipinski definition) is 2. The Kier molecular flexibility index (Phi) is 11.8. The summed E-state index contributed by atoms with van der Waals surface area (Å²) in [5.74, 6) is -3.25. The number of sulfone groups is 1. The van der Waals surface area contributed by atoms with Gasteiger partial charge in [-0.05, 0) is 61.3 Å². The number of rotatable bonds is 13. The van der Waals surface area contributed by atoms with Gasteiger partial charge in [0.2, 0.25) is 0 Å². The fourth-order valence-electron chi connectivity index (χ4n) is 6.02.